The van der Waals surface area contributed by atoms with Crippen molar-refractivity contribution in [3.63, 3.8) is 0 Å². The molecular formula is C22H36N2O6. The maximum absolute atomic E-state index is 12.2. The molecule has 8 heteroatoms. The zero-order valence-corrected chi connectivity index (χ0v) is 18.0. The molecule has 1 aromatic carbocycles. The van der Waals surface area contributed by atoms with Crippen molar-refractivity contribution in [1.29, 1.82) is 0 Å². The summed E-state index contributed by atoms with van der Waals surface area (Å²) >= 11 is 0. The summed E-state index contributed by atoms with van der Waals surface area (Å²) in [5.41, 5.74) is -1.60. The predicted molar refractivity (Wildman–Crippen MR) is 116 cm³/mol. The van der Waals surface area contributed by atoms with Crippen molar-refractivity contribution in [2.45, 2.75) is 90.4 Å². The molecule has 0 saturated carbocycles. The molecule has 0 spiro atoms. The van der Waals surface area contributed by atoms with E-state index in [9.17, 15) is 30.2 Å². The first-order chi connectivity index (χ1) is 14.4. The molecule has 170 valence electrons. The van der Waals surface area contributed by atoms with Gasteiger partial charge < -0.3 is 20.6 Å². The number of hydrogen-bond acceptors (Lipinski definition) is 6. The summed E-state index contributed by atoms with van der Waals surface area (Å²) in [6.45, 7) is 2.57. The maximum atomic E-state index is 12.2. The van der Waals surface area contributed by atoms with Gasteiger partial charge in [-0.25, -0.2) is 0 Å². The lowest BCUT2D eigenvalue weighted by Gasteiger charge is -2.09. The van der Waals surface area contributed by atoms with Crippen LogP contribution in [0, 0.1) is 10.1 Å². The molecule has 0 unspecified atom stereocenters. The molecular weight excluding hydrogens is 388 g/mol. The average Bonchev–Trinajstić information content (AvgIpc) is 2.67. The van der Waals surface area contributed by atoms with Gasteiger partial charge in [0.25, 0.3) is 5.91 Å². The van der Waals surface area contributed by atoms with Gasteiger partial charge in [-0.15, -0.1) is 0 Å². The van der Waals surface area contributed by atoms with Crippen LogP contribution in [0.1, 0.15) is 101 Å². The largest absolute Gasteiger partial charge is 0.507 e. The molecule has 30 heavy (non-hydrogen) atoms. The Kier molecular flexibility index (Phi) is 12.3. The second kappa shape index (κ2) is 14.5. The second-order valence-electron chi connectivity index (χ2n) is 7.74. The predicted octanol–water partition coefficient (Wildman–Crippen LogP) is 5.53. The van der Waals surface area contributed by atoms with Gasteiger partial charge in [-0.05, 0) is 6.42 Å². The van der Waals surface area contributed by atoms with E-state index >= 15 is 0 Å². The third-order valence-electron chi connectivity index (χ3n) is 5.21. The van der Waals surface area contributed by atoms with E-state index < -0.39 is 39.3 Å². The summed E-state index contributed by atoms with van der Waals surface area (Å²) in [5, 5.41) is 42.5. The zero-order valence-electron chi connectivity index (χ0n) is 18.0. The standard InChI is InChI=1S/C22H36N2O6/c1-2-3-4-5-6-7-8-9-10-11-12-13-14-15-23-22(28)19-17(25)16-18(26)20(21(19)27)24(29)30/h16,25-27H,2-15H2,1H3,(H,23,28). The molecule has 0 aliphatic carbocycles. The first kappa shape index (κ1) is 25.5. The Morgan fingerprint density at radius 1 is 0.867 bits per heavy atom. The second-order valence-corrected chi connectivity index (χ2v) is 7.74. The molecule has 0 saturated heterocycles. The monoisotopic (exact) mass is 424 g/mol. The Balaban J connectivity index is 2.17. The van der Waals surface area contributed by atoms with E-state index in [4.69, 9.17) is 0 Å². The smallest absolute Gasteiger partial charge is 0.353 e. The van der Waals surface area contributed by atoms with E-state index in [0.717, 1.165) is 25.7 Å². The lowest BCUT2D eigenvalue weighted by Crippen LogP contribution is -2.24. The summed E-state index contributed by atoms with van der Waals surface area (Å²) in [6, 6.07) is 0.679. The molecule has 1 aromatic rings. The van der Waals surface area contributed by atoms with Gasteiger partial charge in [0.15, 0.2) is 0 Å². The fraction of sp³-hybridized carbons (Fsp3) is 0.682. The Morgan fingerprint density at radius 3 is 1.80 bits per heavy atom. The van der Waals surface area contributed by atoms with E-state index in [-0.39, 0.29) is 0 Å². The molecule has 0 radical (unpaired) electrons. The van der Waals surface area contributed by atoms with Crippen LogP contribution < -0.4 is 5.32 Å². The number of nitrogens with zero attached hydrogens (tertiary/aromatic N) is 1. The van der Waals surface area contributed by atoms with Gasteiger partial charge >= 0.3 is 5.69 Å². The highest BCUT2D eigenvalue weighted by molar-refractivity contribution is 6.01. The van der Waals surface area contributed by atoms with Gasteiger partial charge in [0.05, 0.1) is 4.92 Å². The molecule has 0 bridgehead atoms. The van der Waals surface area contributed by atoms with Crippen LogP contribution in [0.25, 0.3) is 0 Å². The minimum Gasteiger partial charge on any atom is -0.507 e. The van der Waals surface area contributed by atoms with Gasteiger partial charge in [0, 0.05) is 12.6 Å². The van der Waals surface area contributed by atoms with Gasteiger partial charge in [0.2, 0.25) is 11.5 Å². The fourth-order valence-electron chi connectivity index (χ4n) is 3.47. The lowest BCUT2D eigenvalue weighted by atomic mass is 10.0. The molecule has 0 aliphatic rings. The van der Waals surface area contributed by atoms with Crippen molar-refractivity contribution >= 4 is 11.6 Å². The van der Waals surface area contributed by atoms with Crippen molar-refractivity contribution < 1.29 is 25.0 Å². The number of nitro benzene ring substituents is 1. The number of rotatable bonds is 16. The average molecular weight is 425 g/mol. The summed E-state index contributed by atoms with van der Waals surface area (Å²) in [7, 11) is 0. The first-order valence-electron chi connectivity index (χ1n) is 11.1. The van der Waals surface area contributed by atoms with E-state index in [2.05, 4.69) is 12.2 Å². The maximum Gasteiger partial charge on any atom is 0.353 e. The molecule has 1 amide bonds. The minimum absolute atomic E-state index is 0.337. The van der Waals surface area contributed by atoms with Crippen molar-refractivity contribution in [3.05, 3.63) is 21.7 Å². The van der Waals surface area contributed by atoms with Crippen LogP contribution in [0.3, 0.4) is 0 Å². The van der Waals surface area contributed by atoms with Crippen LogP contribution in [-0.4, -0.2) is 32.7 Å². The van der Waals surface area contributed by atoms with Crippen LogP contribution in [0.5, 0.6) is 17.2 Å². The molecule has 0 aromatic heterocycles. The highest BCUT2D eigenvalue weighted by atomic mass is 16.6. The topological polar surface area (TPSA) is 133 Å². The van der Waals surface area contributed by atoms with Crippen molar-refractivity contribution in [1.82, 2.24) is 5.32 Å². The number of carbonyl (C=O) groups is 1. The number of nitro groups is 1. The van der Waals surface area contributed by atoms with Crippen LogP contribution in [0.4, 0.5) is 5.69 Å². The minimum atomic E-state index is -1.04. The summed E-state index contributed by atoms with van der Waals surface area (Å²) in [6.07, 6.45) is 15.7. The highest BCUT2D eigenvalue weighted by Crippen LogP contribution is 2.42. The lowest BCUT2D eigenvalue weighted by molar-refractivity contribution is -0.386. The summed E-state index contributed by atoms with van der Waals surface area (Å²) in [5.74, 6) is -3.46. The molecule has 8 nitrogen and oxygen atoms in total. The molecule has 0 fully saturated rings. The Bertz CT molecular complexity index is 678. The highest BCUT2D eigenvalue weighted by Gasteiger charge is 2.29. The summed E-state index contributed by atoms with van der Waals surface area (Å²) in [4.78, 5) is 22.0. The van der Waals surface area contributed by atoms with Gasteiger partial charge in [0.1, 0.15) is 11.3 Å². The van der Waals surface area contributed by atoms with Crippen LogP contribution in [-0.2, 0) is 0 Å². The molecule has 4 N–H and O–H groups in total. The fourth-order valence-corrected chi connectivity index (χ4v) is 3.47. The van der Waals surface area contributed by atoms with E-state index in [1.807, 2.05) is 0 Å². The number of nitrogens with one attached hydrogen (secondary N) is 1. The van der Waals surface area contributed by atoms with E-state index in [0.29, 0.717) is 12.6 Å². The quantitative estimate of drug-likeness (QED) is 0.157. The third kappa shape index (κ3) is 8.88. The van der Waals surface area contributed by atoms with Gasteiger partial charge in [-0.3, -0.25) is 14.9 Å². The van der Waals surface area contributed by atoms with Crippen LogP contribution >= 0.6 is 0 Å². The SMILES string of the molecule is CCCCCCCCCCCCCCCNC(=O)c1c(O)cc(O)c([N+](=O)[O-])c1O. The Morgan fingerprint density at radius 2 is 1.33 bits per heavy atom. The zero-order chi connectivity index (χ0) is 22.4. The summed E-state index contributed by atoms with van der Waals surface area (Å²) < 4.78 is 0. The number of phenolic OH excluding ortho intramolecular Hbond substituents is 3. The van der Waals surface area contributed by atoms with Crippen molar-refractivity contribution in [2.24, 2.45) is 0 Å². The van der Waals surface area contributed by atoms with E-state index in [1.54, 1.807) is 0 Å². The number of amides is 1. The van der Waals surface area contributed by atoms with Crippen molar-refractivity contribution in [3.8, 4) is 17.2 Å². The third-order valence-corrected chi connectivity index (χ3v) is 5.21. The van der Waals surface area contributed by atoms with Gasteiger partial charge in [-0.2, -0.15) is 0 Å². The molecule has 0 aliphatic heterocycles. The Hall–Kier alpha value is -2.51. The Labute approximate surface area is 178 Å². The number of phenols is 3. The normalized spacial score (nSPS) is 10.8. The number of aromatic hydroxyl groups is 3. The van der Waals surface area contributed by atoms with Gasteiger partial charge in [-0.1, -0.05) is 84.0 Å². The van der Waals surface area contributed by atoms with Crippen LogP contribution in [0.15, 0.2) is 6.07 Å². The van der Waals surface area contributed by atoms with Crippen LogP contribution in [0.2, 0.25) is 0 Å². The first-order valence-corrected chi connectivity index (χ1v) is 11.1. The number of hydrogen-bond donors (Lipinski definition) is 4. The number of carbonyl (C=O) groups excluding carboxylic acids is 1. The molecule has 1 rings (SSSR count). The van der Waals surface area contributed by atoms with Crippen molar-refractivity contribution in [2.75, 3.05) is 6.54 Å². The number of benzene rings is 1. The number of unbranched alkanes of at least 4 members (excludes halogenated alkanes) is 12. The molecule has 0 heterocycles. The molecule has 0 atom stereocenters. The van der Waals surface area contributed by atoms with E-state index in [1.165, 1.54) is 57.8 Å².